The zero-order chi connectivity index (χ0) is 13.7. The molecule has 0 aromatic heterocycles. The smallest absolute Gasteiger partial charge is 0.173 e. The van der Waals surface area contributed by atoms with Crippen LogP contribution in [0, 0.1) is 0 Å². The quantitative estimate of drug-likeness (QED) is 0.574. The van der Waals surface area contributed by atoms with Crippen LogP contribution in [0.1, 0.15) is 35.7 Å². The molecule has 0 unspecified atom stereocenters. The van der Waals surface area contributed by atoms with Crippen molar-refractivity contribution in [1.82, 2.24) is 0 Å². The molecule has 0 N–H and O–H groups in total. The first-order valence-electron chi connectivity index (χ1n) is 6.48. The number of rotatable bonds is 5. The van der Waals surface area contributed by atoms with E-state index in [0.717, 1.165) is 10.5 Å². The van der Waals surface area contributed by atoms with E-state index in [4.69, 9.17) is 0 Å². The van der Waals surface area contributed by atoms with Gasteiger partial charge in [-0.3, -0.25) is 4.79 Å². The van der Waals surface area contributed by atoms with Crippen molar-refractivity contribution in [3.8, 4) is 0 Å². The molecule has 2 aromatic rings. The Morgan fingerprint density at radius 1 is 1.00 bits per heavy atom. The highest BCUT2D eigenvalue weighted by Gasteiger charge is 2.07. The first kappa shape index (κ1) is 13.9. The van der Waals surface area contributed by atoms with E-state index in [1.165, 1.54) is 5.56 Å². The van der Waals surface area contributed by atoms with Gasteiger partial charge in [-0.2, -0.15) is 0 Å². The summed E-state index contributed by atoms with van der Waals surface area (Å²) in [7, 11) is 0. The Morgan fingerprint density at radius 2 is 1.63 bits per heavy atom. The van der Waals surface area contributed by atoms with Crippen LogP contribution in [0.15, 0.2) is 59.5 Å². The zero-order valence-corrected chi connectivity index (χ0v) is 12.1. The van der Waals surface area contributed by atoms with E-state index in [1.54, 1.807) is 11.8 Å². The molecule has 0 spiro atoms. The topological polar surface area (TPSA) is 17.1 Å². The molecule has 0 aliphatic carbocycles. The molecule has 0 aliphatic heterocycles. The molecule has 19 heavy (non-hydrogen) atoms. The number of ketones is 1. The highest BCUT2D eigenvalue weighted by molar-refractivity contribution is 8.00. The maximum atomic E-state index is 12.1. The fraction of sp³-hybridized carbons (Fsp3) is 0.235. The molecule has 2 aromatic carbocycles. The van der Waals surface area contributed by atoms with Crippen LogP contribution < -0.4 is 0 Å². The number of hydrogen-bond acceptors (Lipinski definition) is 2. The summed E-state index contributed by atoms with van der Waals surface area (Å²) in [5, 5.41) is 0. The highest BCUT2D eigenvalue weighted by Crippen LogP contribution is 2.20. The van der Waals surface area contributed by atoms with Gasteiger partial charge in [-0.25, -0.2) is 0 Å². The second-order valence-corrected chi connectivity index (χ2v) is 5.85. The Labute approximate surface area is 119 Å². The number of hydrogen-bond donors (Lipinski definition) is 0. The van der Waals surface area contributed by atoms with Crippen LogP contribution >= 0.6 is 11.8 Å². The molecule has 2 heteroatoms. The van der Waals surface area contributed by atoms with Gasteiger partial charge in [0.15, 0.2) is 5.78 Å². The lowest BCUT2D eigenvalue weighted by atomic mass is 10.0. The molecule has 0 bridgehead atoms. The summed E-state index contributed by atoms with van der Waals surface area (Å²) in [5.41, 5.74) is 2.07. The largest absolute Gasteiger partial charge is 0.293 e. The first-order valence-corrected chi connectivity index (χ1v) is 7.46. The van der Waals surface area contributed by atoms with Crippen molar-refractivity contribution in [2.24, 2.45) is 0 Å². The fourth-order valence-electron chi connectivity index (χ4n) is 1.80. The van der Waals surface area contributed by atoms with Crippen LogP contribution in [0.4, 0.5) is 0 Å². The SMILES string of the molecule is CC(C)c1ccc(C(=O)CSc2ccccc2)cc1. The Morgan fingerprint density at radius 3 is 2.21 bits per heavy atom. The molecule has 0 heterocycles. The van der Waals surface area contributed by atoms with Gasteiger partial charge in [-0.15, -0.1) is 11.8 Å². The molecule has 0 fully saturated rings. The number of Topliss-reactive ketones (excluding diaryl/α,β-unsaturated/α-hetero) is 1. The molecular weight excluding hydrogens is 252 g/mol. The fourth-order valence-corrected chi connectivity index (χ4v) is 2.62. The molecule has 0 amide bonds. The molecule has 0 saturated carbocycles. The molecule has 0 atom stereocenters. The summed E-state index contributed by atoms with van der Waals surface area (Å²) < 4.78 is 0. The van der Waals surface area contributed by atoms with Crippen molar-refractivity contribution in [3.63, 3.8) is 0 Å². The Balaban J connectivity index is 1.96. The van der Waals surface area contributed by atoms with E-state index in [0.29, 0.717) is 11.7 Å². The van der Waals surface area contributed by atoms with Crippen LogP contribution in [-0.4, -0.2) is 11.5 Å². The summed E-state index contributed by atoms with van der Waals surface area (Å²) in [6.45, 7) is 4.31. The van der Waals surface area contributed by atoms with Gasteiger partial charge >= 0.3 is 0 Å². The number of benzene rings is 2. The lowest BCUT2D eigenvalue weighted by Crippen LogP contribution is -2.02. The van der Waals surface area contributed by atoms with E-state index < -0.39 is 0 Å². The average Bonchev–Trinajstić information content (AvgIpc) is 2.46. The minimum atomic E-state index is 0.184. The molecular formula is C17H18OS. The standard InChI is InChI=1S/C17H18OS/c1-13(2)14-8-10-15(11-9-14)17(18)12-19-16-6-4-3-5-7-16/h3-11,13H,12H2,1-2H3. The van der Waals surface area contributed by atoms with Crippen molar-refractivity contribution >= 4 is 17.5 Å². The van der Waals surface area contributed by atoms with Gasteiger partial charge in [-0.05, 0) is 23.6 Å². The summed E-state index contributed by atoms with van der Waals surface area (Å²) in [6, 6.07) is 18.0. The maximum Gasteiger partial charge on any atom is 0.173 e. The molecule has 2 rings (SSSR count). The molecule has 1 nitrogen and oxygen atoms in total. The van der Waals surface area contributed by atoms with Crippen LogP contribution in [-0.2, 0) is 0 Å². The summed E-state index contributed by atoms with van der Waals surface area (Å²) in [5.74, 6) is 1.18. The summed E-state index contributed by atoms with van der Waals surface area (Å²) in [4.78, 5) is 13.2. The Bertz CT molecular complexity index is 529. The molecule has 98 valence electrons. The third-order valence-electron chi connectivity index (χ3n) is 3.01. The second-order valence-electron chi connectivity index (χ2n) is 4.80. The summed E-state index contributed by atoms with van der Waals surface area (Å²) >= 11 is 1.58. The zero-order valence-electron chi connectivity index (χ0n) is 11.3. The van der Waals surface area contributed by atoms with Crippen molar-refractivity contribution in [1.29, 1.82) is 0 Å². The van der Waals surface area contributed by atoms with Crippen LogP contribution in [0.5, 0.6) is 0 Å². The highest BCUT2D eigenvalue weighted by atomic mass is 32.2. The number of thioether (sulfide) groups is 1. The van der Waals surface area contributed by atoms with Crippen LogP contribution in [0.25, 0.3) is 0 Å². The van der Waals surface area contributed by atoms with Crippen molar-refractivity contribution in [2.75, 3.05) is 5.75 Å². The Kier molecular flexibility index (Phi) is 4.80. The third kappa shape index (κ3) is 3.97. The molecule has 0 aliphatic rings. The van der Waals surface area contributed by atoms with E-state index in [2.05, 4.69) is 13.8 Å². The van der Waals surface area contributed by atoms with Crippen molar-refractivity contribution in [3.05, 3.63) is 65.7 Å². The van der Waals surface area contributed by atoms with Gasteiger partial charge in [0.1, 0.15) is 0 Å². The van der Waals surface area contributed by atoms with Crippen LogP contribution in [0.3, 0.4) is 0 Å². The van der Waals surface area contributed by atoms with Gasteiger partial charge in [0.05, 0.1) is 5.75 Å². The average molecular weight is 270 g/mol. The minimum absolute atomic E-state index is 0.184. The second kappa shape index (κ2) is 6.58. The normalized spacial score (nSPS) is 10.7. The third-order valence-corrected chi connectivity index (χ3v) is 4.02. The molecule has 0 saturated heterocycles. The van der Waals surface area contributed by atoms with Crippen molar-refractivity contribution < 1.29 is 4.79 Å². The van der Waals surface area contributed by atoms with Gasteiger partial charge in [0.25, 0.3) is 0 Å². The monoisotopic (exact) mass is 270 g/mol. The van der Waals surface area contributed by atoms with E-state index in [1.807, 2.05) is 54.6 Å². The first-order chi connectivity index (χ1) is 9.16. The van der Waals surface area contributed by atoms with E-state index in [-0.39, 0.29) is 5.78 Å². The van der Waals surface area contributed by atoms with Gasteiger partial charge in [0.2, 0.25) is 0 Å². The van der Waals surface area contributed by atoms with E-state index in [9.17, 15) is 4.79 Å². The van der Waals surface area contributed by atoms with Crippen molar-refractivity contribution in [2.45, 2.75) is 24.7 Å². The summed E-state index contributed by atoms with van der Waals surface area (Å²) in [6.07, 6.45) is 0. The van der Waals surface area contributed by atoms with Gasteiger partial charge in [-0.1, -0.05) is 56.3 Å². The predicted octanol–water partition coefficient (Wildman–Crippen LogP) is 4.79. The maximum absolute atomic E-state index is 12.1. The molecule has 0 radical (unpaired) electrons. The van der Waals surface area contributed by atoms with Gasteiger partial charge < -0.3 is 0 Å². The minimum Gasteiger partial charge on any atom is -0.293 e. The Hall–Kier alpha value is -1.54. The number of carbonyl (C=O) groups excluding carboxylic acids is 1. The van der Waals surface area contributed by atoms with Gasteiger partial charge in [0, 0.05) is 10.5 Å². The van der Waals surface area contributed by atoms with Crippen LogP contribution in [0.2, 0.25) is 0 Å². The lowest BCUT2D eigenvalue weighted by molar-refractivity contribution is 0.102. The predicted molar refractivity (Wildman–Crippen MR) is 82.0 cm³/mol. The lowest BCUT2D eigenvalue weighted by Gasteiger charge is -2.06. The number of carbonyl (C=O) groups is 1. The van der Waals surface area contributed by atoms with E-state index >= 15 is 0 Å².